The Morgan fingerprint density at radius 1 is 1.39 bits per heavy atom. The van der Waals surface area contributed by atoms with Crippen molar-refractivity contribution < 1.29 is 4.79 Å². The lowest BCUT2D eigenvalue weighted by molar-refractivity contribution is 0.0577. The second-order valence-electron chi connectivity index (χ2n) is 6.31. The van der Waals surface area contributed by atoms with Crippen molar-refractivity contribution in [1.82, 2.24) is 19.9 Å². The molecule has 0 unspecified atom stereocenters. The molecule has 2 heterocycles. The van der Waals surface area contributed by atoms with E-state index < -0.39 is 0 Å². The Hall–Kier alpha value is -2.21. The molecule has 1 aliphatic heterocycles. The molecule has 2 N–H and O–H groups in total. The molecule has 0 radical (unpaired) electrons. The fourth-order valence-electron chi connectivity index (χ4n) is 3.16. The van der Waals surface area contributed by atoms with Gasteiger partial charge in [-0.3, -0.25) is 4.79 Å². The van der Waals surface area contributed by atoms with Crippen LogP contribution in [-0.2, 0) is 0 Å². The summed E-state index contributed by atoms with van der Waals surface area (Å²) in [4.78, 5) is 14.6. The molecule has 1 aromatic carbocycles. The van der Waals surface area contributed by atoms with E-state index in [2.05, 4.69) is 10.3 Å². The van der Waals surface area contributed by atoms with Crippen LogP contribution in [0, 0.1) is 6.92 Å². The zero-order valence-electron chi connectivity index (χ0n) is 13.6. The summed E-state index contributed by atoms with van der Waals surface area (Å²) >= 11 is 0. The minimum Gasteiger partial charge on any atom is -0.333 e. The van der Waals surface area contributed by atoms with Gasteiger partial charge in [0.05, 0.1) is 11.9 Å². The van der Waals surface area contributed by atoms with Gasteiger partial charge in [-0.2, -0.15) is 0 Å². The van der Waals surface area contributed by atoms with Crippen LogP contribution in [0.3, 0.4) is 0 Å². The fourth-order valence-corrected chi connectivity index (χ4v) is 3.16. The maximum atomic E-state index is 12.8. The van der Waals surface area contributed by atoms with Crippen molar-refractivity contribution in [2.24, 2.45) is 5.73 Å². The largest absolute Gasteiger partial charge is 0.333 e. The normalized spacial score (nSPS) is 19.6. The third-order valence-electron chi connectivity index (χ3n) is 4.40. The highest BCUT2D eigenvalue weighted by Crippen LogP contribution is 2.21. The smallest absolute Gasteiger partial charge is 0.276 e. The minimum atomic E-state index is -0.0779. The first-order valence-electron chi connectivity index (χ1n) is 8.12. The first-order chi connectivity index (χ1) is 11.1. The number of aromatic nitrogens is 3. The van der Waals surface area contributed by atoms with Crippen LogP contribution in [0.25, 0.3) is 5.69 Å². The van der Waals surface area contributed by atoms with Gasteiger partial charge in [0.15, 0.2) is 5.69 Å². The molecule has 0 spiro atoms. The lowest BCUT2D eigenvalue weighted by Crippen LogP contribution is -2.51. The molecule has 6 nitrogen and oxygen atoms in total. The van der Waals surface area contributed by atoms with E-state index in [4.69, 9.17) is 5.73 Å². The molecule has 1 saturated heterocycles. The zero-order chi connectivity index (χ0) is 16.4. The summed E-state index contributed by atoms with van der Waals surface area (Å²) < 4.78 is 1.64. The molecule has 3 rings (SSSR count). The lowest BCUT2D eigenvalue weighted by Gasteiger charge is -2.37. The van der Waals surface area contributed by atoms with Crippen LogP contribution in [0.1, 0.15) is 42.2 Å². The van der Waals surface area contributed by atoms with Crippen molar-refractivity contribution in [1.29, 1.82) is 0 Å². The molecule has 1 aromatic heterocycles. The third-order valence-corrected chi connectivity index (χ3v) is 4.40. The lowest BCUT2D eigenvalue weighted by atomic mass is 9.96. The number of carbonyl (C=O) groups excluding carboxylic acids is 1. The Bertz CT molecular complexity index is 694. The number of hydrogen-bond donors (Lipinski definition) is 1. The Balaban J connectivity index is 1.83. The monoisotopic (exact) mass is 313 g/mol. The van der Waals surface area contributed by atoms with Crippen LogP contribution < -0.4 is 5.73 Å². The highest BCUT2D eigenvalue weighted by molar-refractivity contribution is 5.92. The van der Waals surface area contributed by atoms with E-state index in [1.807, 2.05) is 43.0 Å². The second-order valence-corrected chi connectivity index (χ2v) is 6.31. The highest BCUT2D eigenvalue weighted by Gasteiger charge is 2.31. The summed E-state index contributed by atoms with van der Waals surface area (Å²) in [6, 6.07) is 7.99. The molecular formula is C17H23N5O. The van der Waals surface area contributed by atoms with E-state index in [0.717, 1.165) is 37.1 Å². The van der Waals surface area contributed by atoms with Gasteiger partial charge in [0.2, 0.25) is 0 Å². The molecule has 0 saturated carbocycles. The Morgan fingerprint density at radius 2 is 2.22 bits per heavy atom. The quantitative estimate of drug-likeness (QED) is 0.939. The fraction of sp³-hybridized carbons (Fsp3) is 0.471. The van der Waals surface area contributed by atoms with Gasteiger partial charge in [-0.05, 0) is 50.8 Å². The number of aryl methyl sites for hydroxylation is 1. The first kappa shape index (κ1) is 15.7. The molecule has 6 heteroatoms. The number of likely N-dealkylation sites (tertiary alicyclic amines) is 1. The van der Waals surface area contributed by atoms with E-state index in [1.54, 1.807) is 10.9 Å². The van der Waals surface area contributed by atoms with Crippen molar-refractivity contribution >= 4 is 5.91 Å². The number of nitrogens with zero attached hydrogens (tertiary/aromatic N) is 4. The average Bonchev–Trinajstić information content (AvgIpc) is 3.04. The molecule has 1 amide bonds. The van der Waals surface area contributed by atoms with Crippen molar-refractivity contribution in [3.63, 3.8) is 0 Å². The minimum absolute atomic E-state index is 0.0360. The summed E-state index contributed by atoms with van der Waals surface area (Å²) in [5.41, 5.74) is 8.47. The standard InChI is InChI=1S/C17H23N5O/c1-12-6-5-7-14(10-12)22-11-15(19-20-22)17(23)21-9-4-3-8-16(21)13(2)18/h5-7,10-11,13,16H,3-4,8-9,18H2,1-2H3/t13-,16-/m0/s1. The third kappa shape index (κ3) is 3.27. The van der Waals surface area contributed by atoms with Gasteiger partial charge >= 0.3 is 0 Å². The number of hydrogen-bond acceptors (Lipinski definition) is 4. The number of piperidine rings is 1. The van der Waals surface area contributed by atoms with E-state index in [0.29, 0.717) is 5.69 Å². The number of carbonyl (C=O) groups is 1. The van der Waals surface area contributed by atoms with Gasteiger partial charge in [0.25, 0.3) is 5.91 Å². The number of benzene rings is 1. The van der Waals surface area contributed by atoms with Crippen LogP contribution in [0.4, 0.5) is 0 Å². The van der Waals surface area contributed by atoms with E-state index in [1.165, 1.54) is 0 Å². The van der Waals surface area contributed by atoms with E-state index in [9.17, 15) is 4.79 Å². The predicted octanol–water partition coefficient (Wildman–Crippen LogP) is 1.92. The van der Waals surface area contributed by atoms with Crippen LogP contribution >= 0.6 is 0 Å². The second kappa shape index (κ2) is 6.50. The van der Waals surface area contributed by atoms with Gasteiger partial charge in [0.1, 0.15) is 0 Å². The summed E-state index contributed by atoms with van der Waals surface area (Å²) in [7, 11) is 0. The van der Waals surface area contributed by atoms with Crippen LogP contribution in [0.2, 0.25) is 0 Å². The molecule has 1 fully saturated rings. The van der Waals surface area contributed by atoms with Crippen molar-refractivity contribution in [3.05, 3.63) is 41.7 Å². The topological polar surface area (TPSA) is 77.0 Å². The maximum absolute atomic E-state index is 12.8. The molecule has 0 bridgehead atoms. The van der Waals surface area contributed by atoms with E-state index >= 15 is 0 Å². The highest BCUT2D eigenvalue weighted by atomic mass is 16.2. The first-order valence-corrected chi connectivity index (χ1v) is 8.12. The van der Waals surface area contributed by atoms with Crippen LogP contribution in [0.5, 0.6) is 0 Å². The van der Waals surface area contributed by atoms with Gasteiger partial charge in [-0.15, -0.1) is 5.10 Å². The maximum Gasteiger partial charge on any atom is 0.276 e. The van der Waals surface area contributed by atoms with Crippen LogP contribution in [-0.4, -0.2) is 44.4 Å². The van der Waals surface area contributed by atoms with Gasteiger partial charge in [-0.1, -0.05) is 17.3 Å². The molecule has 0 aliphatic carbocycles. The summed E-state index contributed by atoms with van der Waals surface area (Å²) in [5.74, 6) is -0.0779. The molecular weight excluding hydrogens is 290 g/mol. The average molecular weight is 313 g/mol. The van der Waals surface area contributed by atoms with Gasteiger partial charge in [0, 0.05) is 18.6 Å². The van der Waals surface area contributed by atoms with Gasteiger partial charge < -0.3 is 10.6 Å². The van der Waals surface area contributed by atoms with E-state index in [-0.39, 0.29) is 18.0 Å². The Kier molecular flexibility index (Phi) is 4.43. The molecule has 2 aromatic rings. The summed E-state index contributed by atoms with van der Waals surface area (Å²) in [6.45, 7) is 4.72. The number of amides is 1. The van der Waals surface area contributed by atoms with Crippen molar-refractivity contribution in [3.8, 4) is 5.69 Å². The number of rotatable bonds is 3. The zero-order valence-corrected chi connectivity index (χ0v) is 13.6. The Labute approximate surface area is 136 Å². The van der Waals surface area contributed by atoms with Crippen molar-refractivity contribution in [2.45, 2.75) is 45.2 Å². The molecule has 1 aliphatic rings. The summed E-state index contributed by atoms with van der Waals surface area (Å²) in [6.07, 6.45) is 4.78. The van der Waals surface area contributed by atoms with Gasteiger partial charge in [-0.25, -0.2) is 4.68 Å². The summed E-state index contributed by atoms with van der Waals surface area (Å²) in [5, 5.41) is 8.17. The predicted molar refractivity (Wildman–Crippen MR) is 88.4 cm³/mol. The van der Waals surface area contributed by atoms with Crippen molar-refractivity contribution in [2.75, 3.05) is 6.54 Å². The SMILES string of the molecule is Cc1cccc(-n2cc(C(=O)N3CCCC[C@H]3[C@H](C)N)nn2)c1. The van der Waals surface area contributed by atoms with Crippen LogP contribution in [0.15, 0.2) is 30.5 Å². The molecule has 2 atom stereocenters. The number of nitrogens with two attached hydrogens (primary N) is 1. The molecule has 122 valence electrons. The Morgan fingerprint density at radius 3 is 2.96 bits per heavy atom. The molecule has 23 heavy (non-hydrogen) atoms.